The van der Waals surface area contributed by atoms with E-state index in [2.05, 4.69) is 4.98 Å². The molecule has 1 aromatic heterocycles. The van der Waals surface area contributed by atoms with E-state index >= 15 is 0 Å². The molecule has 0 unspecified atom stereocenters. The summed E-state index contributed by atoms with van der Waals surface area (Å²) in [5.74, 6) is 0.0815. The van der Waals surface area contributed by atoms with Gasteiger partial charge in [-0.2, -0.15) is 0 Å². The maximum atomic E-state index is 9.20. The van der Waals surface area contributed by atoms with Crippen molar-refractivity contribution < 1.29 is 14.6 Å². The van der Waals surface area contributed by atoms with Crippen LogP contribution in [0, 0.1) is 0 Å². The van der Waals surface area contributed by atoms with Crippen LogP contribution in [0.15, 0.2) is 24.2 Å². The Labute approximate surface area is 98.5 Å². The number of ether oxygens (including phenoxy) is 2. The number of aliphatic hydroxyl groups is 1. The molecule has 5 heteroatoms. The van der Waals surface area contributed by atoms with Gasteiger partial charge in [-0.1, -0.05) is 11.6 Å². The van der Waals surface area contributed by atoms with Crippen LogP contribution >= 0.6 is 11.6 Å². The summed E-state index contributed by atoms with van der Waals surface area (Å²) in [7, 11) is 0. The Morgan fingerprint density at radius 2 is 2.19 bits per heavy atom. The molecule has 0 radical (unpaired) electrons. The first-order valence-electron chi connectivity index (χ1n) is 4.85. The van der Waals surface area contributed by atoms with E-state index in [0.29, 0.717) is 22.1 Å². The Balaban J connectivity index is 2.44. The van der Waals surface area contributed by atoms with Gasteiger partial charge in [0.1, 0.15) is 6.61 Å². The molecule has 0 aliphatic carbocycles. The molecule has 86 valence electrons. The Bertz CT molecular complexity index is 443. The van der Waals surface area contributed by atoms with E-state index in [4.69, 9.17) is 21.1 Å². The maximum absolute atomic E-state index is 9.20. The van der Waals surface area contributed by atoms with E-state index in [-0.39, 0.29) is 6.61 Å². The lowest BCUT2D eigenvalue weighted by molar-refractivity contribution is -0.114. The molecule has 1 aromatic rings. The summed E-state index contributed by atoms with van der Waals surface area (Å²) in [5, 5.41) is 9.66. The first-order valence-corrected chi connectivity index (χ1v) is 5.23. The molecule has 4 nitrogen and oxygen atoms in total. The number of aliphatic hydroxyl groups excluding tert-OH is 1. The van der Waals surface area contributed by atoms with Crippen molar-refractivity contribution >= 4 is 17.4 Å². The molecule has 16 heavy (non-hydrogen) atoms. The van der Waals surface area contributed by atoms with E-state index in [0.717, 1.165) is 0 Å². The lowest BCUT2D eigenvalue weighted by Gasteiger charge is -2.18. The Morgan fingerprint density at radius 3 is 2.81 bits per heavy atom. The van der Waals surface area contributed by atoms with E-state index in [1.54, 1.807) is 26.1 Å². The second kappa shape index (κ2) is 3.96. The second-order valence-corrected chi connectivity index (χ2v) is 4.28. The number of hydrogen-bond donors (Lipinski definition) is 1. The van der Waals surface area contributed by atoms with Crippen LogP contribution in [0.4, 0.5) is 0 Å². The summed E-state index contributed by atoms with van der Waals surface area (Å²) in [5.41, 5.74) is 0.672. The number of hydrogen-bond acceptors (Lipinski definition) is 4. The number of rotatable bonds is 2. The van der Waals surface area contributed by atoms with Crippen molar-refractivity contribution in [3.8, 4) is 0 Å². The van der Waals surface area contributed by atoms with Gasteiger partial charge in [0.15, 0.2) is 11.5 Å². The minimum Gasteiger partial charge on any atom is -0.451 e. The van der Waals surface area contributed by atoms with Crippen LogP contribution in [0.25, 0.3) is 5.76 Å². The average molecular weight is 242 g/mol. The molecule has 2 heterocycles. The molecule has 0 saturated heterocycles. The van der Waals surface area contributed by atoms with Gasteiger partial charge in [0, 0.05) is 31.8 Å². The Hall–Kier alpha value is -1.26. The van der Waals surface area contributed by atoms with Crippen LogP contribution in [0.5, 0.6) is 0 Å². The smallest absolute Gasteiger partial charge is 0.245 e. The van der Waals surface area contributed by atoms with Gasteiger partial charge in [0.2, 0.25) is 5.79 Å². The van der Waals surface area contributed by atoms with Crippen LogP contribution in [-0.2, 0) is 9.47 Å². The Morgan fingerprint density at radius 1 is 1.44 bits per heavy atom. The van der Waals surface area contributed by atoms with Crippen molar-refractivity contribution in [3.05, 3.63) is 34.8 Å². The summed E-state index contributed by atoms with van der Waals surface area (Å²) in [6.07, 6.45) is 3.13. The fourth-order valence-corrected chi connectivity index (χ4v) is 1.74. The summed E-state index contributed by atoms with van der Waals surface area (Å²) >= 11 is 6.01. The zero-order valence-electron chi connectivity index (χ0n) is 9.03. The van der Waals surface area contributed by atoms with Crippen LogP contribution < -0.4 is 0 Å². The first-order chi connectivity index (χ1) is 7.53. The predicted molar refractivity (Wildman–Crippen MR) is 59.5 cm³/mol. The molecular formula is C11H12ClNO3. The van der Waals surface area contributed by atoms with Crippen molar-refractivity contribution in [1.29, 1.82) is 0 Å². The third-order valence-corrected chi connectivity index (χ3v) is 2.43. The van der Waals surface area contributed by atoms with Gasteiger partial charge in [-0.05, 0) is 6.07 Å². The third-order valence-electron chi connectivity index (χ3n) is 2.13. The van der Waals surface area contributed by atoms with Crippen LogP contribution in [0.3, 0.4) is 0 Å². The van der Waals surface area contributed by atoms with Crippen molar-refractivity contribution in [2.45, 2.75) is 19.6 Å². The van der Waals surface area contributed by atoms with Gasteiger partial charge >= 0.3 is 0 Å². The molecule has 0 fully saturated rings. The molecule has 1 aliphatic heterocycles. The van der Waals surface area contributed by atoms with Crippen molar-refractivity contribution in [1.82, 2.24) is 4.98 Å². The van der Waals surface area contributed by atoms with Gasteiger partial charge in [-0.3, -0.25) is 4.98 Å². The summed E-state index contributed by atoms with van der Waals surface area (Å²) in [6.45, 7) is 3.31. The summed E-state index contributed by atoms with van der Waals surface area (Å²) < 4.78 is 11.1. The van der Waals surface area contributed by atoms with Crippen LogP contribution in [0.1, 0.15) is 19.4 Å². The average Bonchev–Trinajstić information content (AvgIpc) is 2.54. The molecule has 2 rings (SSSR count). The van der Waals surface area contributed by atoms with Crippen molar-refractivity contribution in [2.24, 2.45) is 0 Å². The standard InChI is InChI=1S/C11H12ClNO3/c1-11(2)15-9(6-14)10(16-11)7-3-4-13-5-8(7)12/h3-5,14H,6H2,1-2H3. The highest BCUT2D eigenvalue weighted by atomic mass is 35.5. The SMILES string of the molecule is CC1(C)OC(CO)=C(c2ccncc2Cl)O1. The summed E-state index contributed by atoms with van der Waals surface area (Å²) in [6, 6.07) is 1.72. The van der Waals surface area contributed by atoms with Gasteiger partial charge in [0.05, 0.1) is 5.02 Å². The zero-order valence-corrected chi connectivity index (χ0v) is 9.78. The highest BCUT2D eigenvalue weighted by Crippen LogP contribution is 2.38. The molecule has 0 saturated carbocycles. The topological polar surface area (TPSA) is 51.6 Å². The fourth-order valence-electron chi connectivity index (χ4n) is 1.54. The Kier molecular flexibility index (Phi) is 2.78. The highest BCUT2D eigenvalue weighted by molar-refractivity contribution is 6.32. The van der Waals surface area contributed by atoms with E-state index in [9.17, 15) is 5.11 Å². The molecule has 0 aromatic carbocycles. The maximum Gasteiger partial charge on any atom is 0.245 e. The minimum atomic E-state index is -0.778. The molecular weight excluding hydrogens is 230 g/mol. The second-order valence-electron chi connectivity index (χ2n) is 3.87. The van der Waals surface area contributed by atoms with Gasteiger partial charge in [0.25, 0.3) is 0 Å². The zero-order chi connectivity index (χ0) is 11.8. The van der Waals surface area contributed by atoms with E-state index in [1.807, 2.05) is 0 Å². The molecule has 1 N–H and O–H groups in total. The molecule has 0 spiro atoms. The van der Waals surface area contributed by atoms with Crippen molar-refractivity contribution in [2.75, 3.05) is 6.61 Å². The molecule has 1 aliphatic rings. The number of pyridine rings is 1. The monoisotopic (exact) mass is 241 g/mol. The fraction of sp³-hybridized carbons (Fsp3) is 0.364. The lowest BCUT2D eigenvalue weighted by Crippen LogP contribution is -2.21. The minimum absolute atomic E-state index is 0.225. The van der Waals surface area contributed by atoms with Crippen LogP contribution in [-0.4, -0.2) is 22.5 Å². The molecule has 0 atom stereocenters. The van der Waals surface area contributed by atoms with Gasteiger partial charge in [-0.15, -0.1) is 0 Å². The number of halogens is 1. The quantitative estimate of drug-likeness (QED) is 0.862. The first kappa shape index (κ1) is 11.2. The van der Waals surface area contributed by atoms with E-state index in [1.165, 1.54) is 6.20 Å². The predicted octanol–water partition coefficient (Wildman–Crippen LogP) is 2.18. The van der Waals surface area contributed by atoms with Crippen molar-refractivity contribution in [3.63, 3.8) is 0 Å². The van der Waals surface area contributed by atoms with Gasteiger partial charge < -0.3 is 14.6 Å². The third kappa shape index (κ3) is 1.99. The molecule has 0 bridgehead atoms. The summed E-state index contributed by atoms with van der Waals surface area (Å²) in [4.78, 5) is 3.89. The number of nitrogens with zero attached hydrogens (tertiary/aromatic N) is 1. The molecule has 0 amide bonds. The van der Waals surface area contributed by atoms with Gasteiger partial charge in [-0.25, -0.2) is 0 Å². The number of aromatic nitrogens is 1. The van der Waals surface area contributed by atoms with E-state index < -0.39 is 5.79 Å². The largest absolute Gasteiger partial charge is 0.451 e. The normalized spacial score (nSPS) is 18.2. The lowest BCUT2D eigenvalue weighted by atomic mass is 10.2. The van der Waals surface area contributed by atoms with Crippen LogP contribution in [0.2, 0.25) is 5.02 Å². The highest BCUT2D eigenvalue weighted by Gasteiger charge is 2.35.